The molecular weight excluding hydrogens is 240 g/mol. The fourth-order valence-corrected chi connectivity index (χ4v) is 2.10. The molecule has 1 aromatic heterocycles. The van der Waals surface area contributed by atoms with Gasteiger partial charge in [-0.05, 0) is 37.1 Å². The van der Waals surface area contributed by atoms with Gasteiger partial charge in [-0.25, -0.2) is 0 Å². The van der Waals surface area contributed by atoms with Crippen LogP contribution in [0.2, 0.25) is 0 Å². The number of nitrogens with two attached hydrogens (primary N) is 1. The molecule has 0 amide bonds. The van der Waals surface area contributed by atoms with Crippen molar-refractivity contribution in [2.45, 2.75) is 18.9 Å². The SMILES string of the molecule is Nc1ccc(CC[C@@H]2COc3ccccc3O2)nc1. The highest BCUT2D eigenvalue weighted by molar-refractivity contribution is 5.40. The molecule has 0 radical (unpaired) electrons. The van der Waals surface area contributed by atoms with Crippen molar-refractivity contribution in [3.05, 3.63) is 48.3 Å². The van der Waals surface area contributed by atoms with Crippen molar-refractivity contribution < 1.29 is 9.47 Å². The van der Waals surface area contributed by atoms with Crippen LogP contribution in [0.15, 0.2) is 42.6 Å². The van der Waals surface area contributed by atoms with Crippen molar-refractivity contribution in [3.8, 4) is 11.5 Å². The highest BCUT2D eigenvalue weighted by atomic mass is 16.6. The second-order valence-electron chi connectivity index (χ2n) is 4.62. The molecule has 0 aliphatic carbocycles. The molecular formula is C15H16N2O2. The number of rotatable bonds is 3. The van der Waals surface area contributed by atoms with E-state index < -0.39 is 0 Å². The average Bonchev–Trinajstić information content (AvgIpc) is 2.46. The Labute approximate surface area is 112 Å². The minimum absolute atomic E-state index is 0.0780. The van der Waals surface area contributed by atoms with Crippen LogP contribution in [0.4, 0.5) is 5.69 Å². The van der Waals surface area contributed by atoms with Crippen LogP contribution < -0.4 is 15.2 Å². The van der Waals surface area contributed by atoms with Crippen LogP contribution >= 0.6 is 0 Å². The maximum atomic E-state index is 5.90. The number of hydrogen-bond acceptors (Lipinski definition) is 4. The largest absolute Gasteiger partial charge is 0.486 e. The first-order chi connectivity index (χ1) is 9.31. The Morgan fingerprint density at radius 1 is 1.16 bits per heavy atom. The summed E-state index contributed by atoms with van der Waals surface area (Å²) in [5.41, 5.74) is 7.33. The lowest BCUT2D eigenvalue weighted by Crippen LogP contribution is -2.29. The van der Waals surface area contributed by atoms with Crippen LogP contribution in [0.3, 0.4) is 0 Å². The number of nitrogen functional groups attached to an aromatic ring is 1. The van der Waals surface area contributed by atoms with Crippen molar-refractivity contribution >= 4 is 5.69 Å². The summed E-state index contributed by atoms with van der Waals surface area (Å²) in [4.78, 5) is 4.29. The fraction of sp³-hybridized carbons (Fsp3) is 0.267. The van der Waals surface area contributed by atoms with Crippen LogP contribution in [-0.4, -0.2) is 17.7 Å². The summed E-state index contributed by atoms with van der Waals surface area (Å²) >= 11 is 0. The molecule has 4 heteroatoms. The molecule has 0 saturated carbocycles. The van der Waals surface area contributed by atoms with Gasteiger partial charge in [0.25, 0.3) is 0 Å². The topological polar surface area (TPSA) is 57.4 Å². The molecule has 1 aliphatic rings. The Kier molecular flexibility index (Phi) is 3.23. The predicted molar refractivity (Wildman–Crippen MR) is 73.3 cm³/mol. The molecule has 2 aromatic rings. The fourth-order valence-electron chi connectivity index (χ4n) is 2.10. The number of ether oxygens (including phenoxy) is 2. The van der Waals surface area contributed by atoms with E-state index in [0.29, 0.717) is 12.3 Å². The number of para-hydroxylation sites is 2. The first kappa shape index (κ1) is 11.8. The summed E-state index contributed by atoms with van der Waals surface area (Å²) in [7, 11) is 0. The third kappa shape index (κ3) is 2.78. The maximum absolute atomic E-state index is 5.90. The summed E-state index contributed by atoms with van der Waals surface area (Å²) < 4.78 is 11.6. The van der Waals surface area contributed by atoms with Gasteiger partial charge in [0.05, 0.1) is 11.9 Å². The quantitative estimate of drug-likeness (QED) is 0.916. The van der Waals surface area contributed by atoms with Crippen LogP contribution in [0.1, 0.15) is 12.1 Å². The lowest BCUT2D eigenvalue weighted by molar-refractivity contribution is 0.0849. The molecule has 0 spiro atoms. The second kappa shape index (κ2) is 5.18. The van der Waals surface area contributed by atoms with Crippen molar-refractivity contribution in [2.24, 2.45) is 0 Å². The van der Waals surface area contributed by atoms with Crippen LogP contribution in [0.5, 0.6) is 11.5 Å². The van der Waals surface area contributed by atoms with E-state index in [9.17, 15) is 0 Å². The van der Waals surface area contributed by atoms with Gasteiger partial charge in [-0.3, -0.25) is 4.98 Å². The van der Waals surface area contributed by atoms with E-state index in [1.807, 2.05) is 36.4 Å². The highest BCUT2D eigenvalue weighted by Crippen LogP contribution is 2.31. The van der Waals surface area contributed by atoms with E-state index in [0.717, 1.165) is 30.0 Å². The number of aryl methyl sites for hydroxylation is 1. The van der Waals surface area contributed by atoms with E-state index in [1.165, 1.54) is 0 Å². The van der Waals surface area contributed by atoms with E-state index in [-0.39, 0.29) is 6.10 Å². The van der Waals surface area contributed by atoms with Gasteiger partial charge in [-0.15, -0.1) is 0 Å². The molecule has 98 valence electrons. The van der Waals surface area contributed by atoms with Gasteiger partial charge in [0.15, 0.2) is 11.5 Å². The van der Waals surface area contributed by atoms with Crippen LogP contribution in [0, 0.1) is 0 Å². The first-order valence-corrected chi connectivity index (χ1v) is 6.40. The van der Waals surface area contributed by atoms with Crippen molar-refractivity contribution in [2.75, 3.05) is 12.3 Å². The zero-order valence-corrected chi connectivity index (χ0v) is 10.6. The molecule has 1 aromatic carbocycles. The lowest BCUT2D eigenvalue weighted by atomic mass is 10.1. The minimum Gasteiger partial charge on any atom is -0.486 e. The van der Waals surface area contributed by atoms with Gasteiger partial charge in [0.2, 0.25) is 0 Å². The first-order valence-electron chi connectivity index (χ1n) is 6.40. The van der Waals surface area contributed by atoms with Gasteiger partial charge in [-0.2, -0.15) is 0 Å². The minimum atomic E-state index is 0.0780. The van der Waals surface area contributed by atoms with Crippen molar-refractivity contribution in [1.82, 2.24) is 4.98 Å². The average molecular weight is 256 g/mol. The molecule has 2 N–H and O–H groups in total. The monoisotopic (exact) mass is 256 g/mol. The maximum Gasteiger partial charge on any atom is 0.161 e. The van der Waals surface area contributed by atoms with E-state index in [2.05, 4.69) is 4.98 Å². The van der Waals surface area contributed by atoms with Gasteiger partial charge in [0.1, 0.15) is 12.7 Å². The number of benzene rings is 1. The highest BCUT2D eigenvalue weighted by Gasteiger charge is 2.20. The Bertz CT molecular complexity index is 554. The summed E-state index contributed by atoms with van der Waals surface area (Å²) in [6.07, 6.45) is 3.50. The van der Waals surface area contributed by atoms with Gasteiger partial charge < -0.3 is 15.2 Å². The van der Waals surface area contributed by atoms with E-state index >= 15 is 0 Å². The molecule has 0 unspecified atom stereocenters. The summed E-state index contributed by atoms with van der Waals surface area (Å²) in [5.74, 6) is 1.65. The zero-order valence-electron chi connectivity index (χ0n) is 10.6. The molecule has 2 heterocycles. The van der Waals surface area contributed by atoms with Gasteiger partial charge in [-0.1, -0.05) is 12.1 Å². The van der Waals surface area contributed by atoms with Gasteiger partial charge in [0, 0.05) is 5.69 Å². The standard InChI is InChI=1S/C15H16N2O2/c16-11-5-6-12(17-9-11)7-8-13-10-18-14-3-1-2-4-15(14)19-13/h1-6,9,13H,7-8,10,16H2/t13-/m1/s1. The molecule has 1 aliphatic heterocycles. The molecule has 0 bridgehead atoms. The molecule has 0 saturated heterocycles. The summed E-state index contributed by atoms with van der Waals surface area (Å²) in [6.45, 7) is 0.589. The number of aromatic nitrogens is 1. The smallest absolute Gasteiger partial charge is 0.161 e. The lowest BCUT2D eigenvalue weighted by Gasteiger charge is -2.26. The van der Waals surface area contributed by atoms with E-state index in [4.69, 9.17) is 15.2 Å². The molecule has 0 fully saturated rings. The predicted octanol–water partition coefficient (Wildman–Crippen LogP) is 2.44. The zero-order chi connectivity index (χ0) is 13.1. The molecule has 4 nitrogen and oxygen atoms in total. The molecule has 19 heavy (non-hydrogen) atoms. The Morgan fingerprint density at radius 2 is 2.00 bits per heavy atom. The number of anilines is 1. The van der Waals surface area contributed by atoms with E-state index in [1.54, 1.807) is 6.20 Å². The van der Waals surface area contributed by atoms with Crippen LogP contribution in [0.25, 0.3) is 0 Å². The number of nitrogens with zero attached hydrogens (tertiary/aromatic N) is 1. The van der Waals surface area contributed by atoms with Crippen molar-refractivity contribution in [3.63, 3.8) is 0 Å². The van der Waals surface area contributed by atoms with Crippen LogP contribution in [-0.2, 0) is 6.42 Å². The number of fused-ring (bicyclic) bond motifs is 1. The van der Waals surface area contributed by atoms with Crippen molar-refractivity contribution in [1.29, 1.82) is 0 Å². The Hall–Kier alpha value is -2.23. The summed E-state index contributed by atoms with van der Waals surface area (Å²) in [5, 5.41) is 0. The normalized spacial score (nSPS) is 17.2. The Morgan fingerprint density at radius 3 is 2.79 bits per heavy atom. The summed E-state index contributed by atoms with van der Waals surface area (Å²) in [6, 6.07) is 11.6. The molecule has 3 rings (SSSR count). The number of hydrogen-bond donors (Lipinski definition) is 1. The third-order valence-corrected chi connectivity index (χ3v) is 3.14. The second-order valence-corrected chi connectivity index (χ2v) is 4.62. The van der Waals surface area contributed by atoms with Gasteiger partial charge >= 0.3 is 0 Å². The third-order valence-electron chi connectivity index (χ3n) is 3.14. The Balaban J connectivity index is 1.59. The number of pyridine rings is 1. The molecule has 1 atom stereocenters.